The van der Waals surface area contributed by atoms with Crippen molar-refractivity contribution in [1.29, 1.82) is 0 Å². The van der Waals surface area contributed by atoms with E-state index in [1.807, 2.05) is 12.1 Å². The number of amides is 2. The number of imide groups is 1. The molecule has 0 aromatic heterocycles. The first kappa shape index (κ1) is 23.2. The molecule has 10 heteroatoms. The highest BCUT2D eigenvalue weighted by molar-refractivity contribution is 14.1. The first-order valence-corrected chi connectivity index (χ1v) is 11.2. The van der Waals surface area contributed by atoms with E-state index in [4.69, 9.17) is 27.9 Å². The average molecular weight is 597 g/mol. The molecular weight excluding hydrogens is 585 g/mol. The average Bonchev–Trinajstić information content (AvgIpc) is 3.01. The van der Waals surface area contributed by atoms with Gasteiger partial charge in [0.1, 0.15) is 22.3 Å². The number of hydrogen-bond donors (Lipinski definition) is 1. The third kappa shape index (κ3) is 4.87. The third-order valence-electron chi connectivity index (χ3n) is 4.60. The van der Waals surface area contributed by atoms with Gasteiger partial charge < -0.3 is 10.1 Å². The summed E-state index contributed by atoms with van der Waals surface area (Å²) in [5.41, 5.74) is 0.626. The van der Waals surface area contributed by atoms with Crippen LogP contribution in [0.5, 0.6) is 5.75 Å². The first-order valence-electron chi connectivity index (χ1n) is 9.33. The molecule has 1 heterocycles. The van der Waals surface area contributed by atoms with Crippen molar-refractivity contribution in [2.45, 2.75) is 0 Å². The molecule has 0 spiro atoms. The molecule has 1 aliphatic heterocycles. The maximum atomic E-state index is 13.4. The summed E-state index contributed by atoms with van der Waals surface area (Å²) in [4.78, 5) is 38.5. The summed E-state index contributed by atoms with van der Waals surface area (Å²) in [7, 11) is 0. The van der Waals surface area contributed by atoms with Crippen molar-refractivity contribution in [1.82, 2.24) is 0 Å². The van der Waals surface area contributed by atoms with E-state index in [9.17, 15) is 18.8 Å². The smallest absolute Gasteiger partial charge is 0.343 e. The zero-order chi connectivity index (χ0) is 23.7. The maximum Gasteiger partial charge on any atom is 0.343 e. The largest absolute Gasteiger partial charge is 0.423 e. The molecule has 166 valence electrons. The van der Waals surface area contributed by atoms with Gasteiger partial charge in [-0.3, -0.25) is 9.59 Å². The number of carbonyl (C=O) groups is 3. The lowest BCUT2D eigenvalue weighted by Crippen LogP contribution is -2.32. The molecule has 1 aliphatic rings. The minimum atomic E-state index is -0.774. The minimum absolute atomic E-state index is 0.0834. The fourth-order valence-corrected chi connectivity index (χ4v) is 3.72. The third-order valence-corrected chi connectivity index (χ3v) is 5.96. The number of nitrogens with one attached hydrogen (secondary N) is 1. The van der Waals surface area contributed by atoms with Gasteiger partial charge in [0.2, 0.25) is 0 Å². The molecule has 1 N–H and O–H groups in total. The lowest BCUT2D eigenvalue weighted by Gasteiger charge is -2.15. The normalized spacial score (nSPS) is 13.5. The molecule has 0 bridgehead atoms. The van der Waals surface area contributed by atoms with Crippen molar-refractivity contribution < 1.29 is 23.5 Å². The summed E-state index contributed by atoms with van der Waals surface area (Å²) in [6.07, 6.45) is 0. The van der Waals surface area contributed by atoms with Gasteiger partial charge in [-0.05, 0) is 89.3 Å². The molecule has 0 aliphatic carbocycles. The highest BCUT2D eigenvalue weighted by Gasteiger charge is 2.39. The van der Waals surface area contributed by atoms with Gasteiger partial charge in [-0.2, -0.15) is 0 Å². The molecule has 0 radical (unpaired) electrons. The van der Waals surface area contributed by atoms with E-state index in [1.165, 1.54) is 30.3 Å². The van der Waals surface area contributed by atoms with Crippen molar-refractivity contribution in [3.8, 4) is 5.75 Å². The van der Waals surface area contributed by atoms with Crippen molar-refractivity contribution in [2.75, 3.05) is 10.2 Å². The first-order chi connectivity index (χ1) is 15.7. The second kappa shape index (κ2) is 9.50. The molecule has 0 atom stereocenters. The molecule has 0 fully saturated rings. The predicted molar refractivity (Wildman–Crippen MR) is 131 cm³/mol. The fourth-order valence-electron chi connectivity index (χ4n) is 2.97. The number of hydrogen-bond acceptors (Lipinski definition) is 5. The Morgan fingerprint density at radius 3 is 2.24 bits per heavy atom. The molecule has 4 rings (SSSR count). The Morgan fingerprint density at radius 2 is 1.61 bits per heavy atom. The van der Waals surface area contributed by atoms with Gasteiger partial charge >= 0.3 is 5.97 Å². The van der Waals surface area contributed by atoms with Gasteiger partial charge in [-0.1, -0.05) is 23.2 Å². The summed E-state index contributed by atoms with van der Waals surface area (Å²) in [5, 5.41) is 2.23. The van der Waals surface area contributed by atoms with Crippen LogP contribution < -0.4 is 15.0 Å². The molecule has 0 unspecified atom stereocenters. The highest BCUT2D eigenvalue weighted by atomic mass is 127. The number of anilines is 2. The van der Waals surface area contributed by atoms with Gasteiger partial charge in [0.05, 0.1) is 16.3 Å². The number of halogens is 4. The molecular formula is C23H12Cl2FIN2O4. The zero-order valence-electron chi connectivity index (χ0n) is 16.4. The summed E-state index contributed by atoms with van der Waals surface area (Å²) in [5.74, 6) is -2.32. The van der Waals surface area contributed by atoms with Crippen molar-refractivity contribution in [2.24, 2.45) is 0 Å². The van der Waals surface area contributed by atoms with Crippen LogP contribution in [0.3, 0.4) is 0 Å². The Labute approximate surface area is 211 Å². The van der Waals surface area contributed by atoms with Gasteiger partial charge in [-0.25, -0.2) is 14.1 Å². The van der Waals surface area contributed by atoms with E-state index in [0.29, 0.717) is 11.4 Å². The number of ether oxygens (including phenoxy) is 1. The van der Waals surface area contributed by atoms with Crippen LogP contribution in [0.4, 0.5) is 15.8 Å². The van der Waals surface area contributed by atoms with E-state index in [1.54, 1.807) is 12.1 Å². The zero-order valence-corrected chi connectivity index (χ0v) is 20.1. The molecule has 3 aromatic rings. The number of benzene rings is 3. The maximum absolute atomic E-state index is 13.4. The van der Waals surface area contributed by atoms with E-state index < -0.39 is 23.6 Å². The summed E-state index contributed by atoms with van der Waals surface area (Å²) >= 11 is 14.0. The molecule has 6 nitrogen and oxygen atoms in total. The monoisotopic (exact) mass is 596 g/mol. The Bertz CT molecular complexity index is 1310. The van der Waals surface area contributed by atoms with Crippen molar-refractivity contribution in [3.63, 3.8) is 0 Å². The SMILES string of the molecule is O=C(Oc1ccc(I)cc1)c1ccc(NC2=C(Cl)C(=O)N(c3ccc(F)c(Cl)c3)C2=O)cc1. The number of rotatable bonds is 5. The van der Waals surface area contributed by atoms with Gasteiger partial charge in [0, 0.05) is 9.26 Å². The lowest BCUT2D eigenvalue weighted by atomic mass is 10.2. The minimum Gasteiger partial charge on any atom is -0.423 e. The quantitative estimate of drug-likeness (QED) is 0.176. The Hall–Kier alpha value is -2.95. The van der Waals surface area contributed by atoms with Crippen LogP contribution >= 0.6 is 45.8 Å². The van der Waals surface area contributed by atoms with Crippen LogP contribution in [0.1, 0.15) is 10.4 Å². The Balaban J connectivity index is 1.48. The molecule has 0 saturated carbocycles. The van der Waals surface area contributed by atoms with Gasteiger partial charge in [0.25, 0.3) is 11.8 Å². The topological polar surface area (TPSA) is 75.7 Å². The standard InChI is InChI=1S/C23H12Cl2FIN2O4/c24-17-11-15(7-10-18(17)26)29-21(30)19(25)20(22(29)31)28-14-5-1-12(2-6-14)23(32)33-16-8-3-13(27)4-9-16/h1-11,28H. The van der Waals surface area contributed by atoms with Crippen molar-refractivity contribution in [3.05, 3.63) is 97.4 Å². The van der Waals surface area contributed by atoms with Gasteiger partial charge in [-0.15, -0.1) is 0 Å². The number of esters is 1. The van der Waals surface area contributed by atoms with E-state index in [2.05, 4.69) is 27.9 Å². The van der Waals surface area contributed by atoms with Crippen LogP contribution in [0.25, 0.3) is 0 Å². The highest BCUT2D eigenvalue weighted by Crippen LogP contribution is 2.32. The van der Waals surface area contributed by atoms with Crippen molar-refractivity contribution >= 4 is 75.0 Å². The summed E-state index contributed by atoms with van der Waals surface area (Å²) < 4.78 is 19.8. The van der Waals surface area contributed by atoms with E-state index in [0.717, 1.165) is 20.6 Å². The van der Waals surface area contributed by atoms with Crippen LogP contribution in [-0.4, -0.2) is 17.8 Å². The van der Waals surface area contributed by atoms with E-state index >= 15 is 0 Å². The second-order valence-corrected chi connectivity index (χ2v) is 8.81. The Morgan fingerprint density at radius 1 is 0.939 bits per heavy atom. The molecule has 0 saturated heterocycles. The lowest BCUT2D eigenvalue weighted by molar-refractivity contribution is -0.120. The molecule has 2 amide bonds. The van der Waals surface area contributed by atoms with Crippen LogP contribution in [0.2, 0.25) is 5.02 Å². The van der Waals surface area contributed by atoms with Crippen LogP contribution in [-0.2, 0) is 9.59 Å². The van der Waals surface area contributed by atoms with Crippen LogP contribution in [0.15, 0.2) is 77.5 Å². The molecule has 33 heavy (non-hydrogen) atoms. The fraction of sp³-hybridized carbons (Fsp3) is 0. The Kier molecular flexibility index (Phi) is 6.68. The number of carbonyl (C=O) groups excluding carboxylic acids is 3. The predicted octanol–water partition coefficient (Wildman–Crippen LogP) is 5.74. The summed E-state index contributed by atoms with van der Waals surface area (Å²) in [6.45, 7) is 0. The van der Waals surface area contributed by atoms with Gasteiger partial charge in [0.15, 0.2) is 0 Å². The second-order valence-electron chi connectivity index (χ2n) is 6.78. The van der Waals surface area contributed by atoms with Crippen LogP contribution in [0, 0.1) is 9.39 Å². The summed E-state index contributed by atoms with van der Waals surface area (Å²) in [6, 6.07) is 16.5. The number of nitrogens with zero attached hydrogens (tertiary/aromatic N) is 1. The molecule has 3 aromatic carbocycles. The van der Waals surface area contributed by atoms with E-state index in [-0.39, 0.29) is 27.0 Å².